The van der Waals surface area contributed by atoms with Crippen molar-refractivity contribution < 1.29 is 27.5 Å². The summed E-state index contributed by atoms with van der Waals surface area (Å²) in [5.41, 5.74) is -5.56. The van der Waals surface area contributed by atoms with Gasteiger partial charge in [0.25, 0.3) is 0 Å². The van der Waals surface area contributed by atoms with Crippen molar-refractivity contribution in [2.45, 2.75) is 10.4 Å². The molecule has 0 heterocycles. The Bertz CT molecular complexity index is 564. The number of rotatable bonds is 3. The van der Waals surface area contributed by atoms with Gasteiger partial charge in [0.15, 0.2) is 6.29 Å². The maximum atomic E-state index is 12.2. The number of carbonyl (C=O) groups is 2. The van der Waals surface area contributed by atoms with E-state index in [1.54, 1.807) is 6.07 Å². The lowest BCUT2D eigenvalue weighted by Gasteiger charge is -2.10. The number of alkyl halides is 3. The Kier molecular flexibility index (Phi) is 4.56. The van der Waals surface area contributed by atoms with Crippen LogP contribution in [-0.2, 0) is 4.74 Å². The van der Waals surface area contributed by atoms with Crippen LogP contribution in [-0.4, -0.2) is 24.9 Å². The predicted octanol–water partition coefficient (Wildman–Crippen LogP) is 2.77. The number of benzene rings is 1. The van der Waals surface area contributed by atoms with Crippen LogP contribution in [0.3, 0.4) is 0 Å². The highest BCUT2D eigenvalue weighted by Gasteiger charge is 2.30. The van der Waals surface area contributed by atoms with E-state index in [4.69, 9.17) is 5.26 Å². The van der Waals surface area contributed by atoms with Crippen molar-refractivity contribution in [3.63, 3.8) is 0 Å². The molecule has 100 valence electrons. The molecule has 1 aromatic rings. The van der Waals surface area contributed by atoms with E-state index in [1.807, 2.05) is 0 Å². The standard InChI is InChI=1S/C11H6F3NO3S/c1-18-10(17)9-6(4-15)2-8(3-7(9)5-16)19-11(12,13)14/h2-3,5H,1H3. The maximum Gasteiger partial charge on any atom is 0.446 e. The van der Waals surface area contributed by atoms with Crippen LogP contribution in [0.4, 0.5) is 13.2 Å². The van der Waals surface area contributed by atoms with Gasteiger partial charge in [0, 0.05) is 10.5 Å². The third-order valence-electron chi connectivity index (χ3n) is 2.01. The monoisotopic (exact) mass is 289 g/mol. The Hall–Kier alpha value is -2.01. The quantitative estimate of drug-likeness (QED) is 0.486. The van der Waals surface area contributed by atoms with Gasteiger partial charge >= 0.3 is 11.5 Å². The molecule has 0 unspecified atom stereocenters. The Balaban J connectivity index is 3.41. The zero-order valence-corrected chi connectivity index (χ0v) is 10.3. The van der Waals surface area contributed by atoms with E-state index >= 15 is 0 Å². The molecule has 0 aliphatic carbocycles. The lowest BCUT2D eigenvalue weighted by molar-refractivity contribution is -0.0328. The SMILES string of the molecule is COC(=O)c1c(C#N)cc(SC(F)(F)F)cc1C=O. The average Bonchev–Trinajstić information content (AvgIpc) is 2.34. The Labute approximate surface area is 110 Å². The Morgan fingerprint density at radius 3 is 2.53 bits per heavy atom. The molecule has 0 radical (unpaired) electrons. The number of thioether (sulfide) groups is 1. The summed E-state index contributed by atoms with van der Waals surface area (Å²) in [5.74, 6) is -0.956. The summed E-state index contributed by atoms with van der Waals surface area (Å²) >= 11 is -0.474. The number of halogens is 3. The number of nitrogens with zero attached hydrogens (tertiary/aromatic N) is 1. The lowest BCUT2D eigenvalue weighted by atomic mass is 10.0. The minimum atomic E-state index is -4.56. The van der Waals surface area contributed by atoms with Gasteiger partial charge in [0.1, 0.15) is 6.07 Å². The fourth-order valence-electron chi connectivity index (χ4n) is 1.34. The number of hydrogen-bond donors (Lipinski definition) is 0. The first-order valence-corrected chi connectivity index (χ1v) is 5.51. The summed E-state index contributed by atoms with van der Waals surface area (Å²) in [6.07, 6.45) is 0.202. The largest absolute Gasteiger partial charge is 0.465 e. The van der Waals surface area contributed by atoms with Gasteiger partial charge in [-0.05, 0) is 23.9 Å². The fraction of sp³-hybridized carbons (Fsp3) is 0.182. The molecule has 0 saturated heterocycles. The summed E-state index contributed by atoms with van der Waals surface area (Å²) in [6, 6.07) is 3.34. The van der Waals surface area contributed by atoms with Gasteiger partial charge in [-0.25, -0.2) is 4.79 Å². The number of methoxy groups -OCH3 is 1. The van der Waals surface area contributed by atoms with Crippen molar-refractivity contribution >= 4 is 24.0 Å². The summed E-state index contributed by atoms with van der Waals surface area (Å²) in [5, 5.41) is 8.84. The van der Waals surface area contributed by atoms with Gasteiger partial charge in [-0.1, -0.05) is 0 Å². The van der Waals surface area contributed by atoms with Crippen LogP contribution in [0.15, 0.2) is 17.0 Å². The summed E-state index contributed by atoms with van der Waals surface area (Å²) in [6.45, 7) is 0. The molecule has 0 aromatic heterocycles. The van der Waals surface area contributed by atoms with Gasteiger partial charge in [0.2, 0.25) is 0 Å². The molecule has 8 heteroatoms. The molecule has 1 rings (SSSR count). The predicted molar refractivity (Wildman–Crippen MR) is 59.8 cm³/mol. The number of nitriles is 1. The number of hydrogen-bond acceptors (Lipinski definition) is 5. The first-order chi connectivity index (χ1) is 8.82. The number of aldehydes is 1. The van der Waals surface area contributed by atoms with Crippen molar-refractivity contribution in [1.29, 1.82) is 5.26 Å². The molecular formula is C11H6F3NO3S. The summed E-state index contributed by atoms with van der Waals surface area (Å²) in [4.78, 5) is 21.9. The Morgan fingerprint density at radius 2 is 2.11 bits per heavy atom. The zero-order valence-electron chi connectivity index (χ0n) is 9.45. The van der Waals surface area contributed by atoms with Gasteiger partial charge in [-0.3, -0.25) is 4.79 Å². The normalized spacial score (nSPS) is 10.7. The van der Waals surface area contributed by atoms with Crippen LogP contribution in [0.25, 0.3) is 0 Å². The molecule has 0 saturated carbocycles. The topological polar surface area (TPSA) is 67.2 Å². The van der Waals surface area contributed by atoms with E-state index in [9.17, 15) is 22.8 Å². The van der Waals surface area contributed by atoms with E-state index in [1.165, 1.54) is 0 Å². The van der Waals surface area contributed by atoms with E-state index in [-0.39, 0.29) is 27.9 Å². The second-order valence-corrected chi connectivity index (χ2v) is 4.34. The van der Waals surface area contributed by atoms with Crippen molar-refractivity contribution in [1.82, 2.24) is 0 Å². The second-order valence-electron chi connectivity index (χ2n) is 3.20. The number of carbonyl (C=O) groups excluding carboxylic acids is 2. The van der Waals surface area contributed by atoms with E-state index < -0.39 is 23.2 Å². The number of ether oxygens (including phenoxy) is 1. The fourth-order valence-corrected chi connectivity index (χ4v) is 1.97. The van der Waals surface area contributed by atoms with Crippen LogP contribution in [0.5, 0.6) is 0 Å². The van der Waals surface area contributed by atoms with E-state index in [2.05, 4.69) is 4.74 Å². The molecule has 0 fully saturated rings. The van der Waals surface area contributed by atoms with Crippen LogP contribution >= 0.6 is 11.8 Å². The van der Waals surface area contributed by atoms with Crippen molar-refractivity contribution in [3.8, 4) is 6.07 Å². The smallest absolute Gasteiger partial charge is 0.446 e. The summed E-state index contributed by atoms with van der Waals surface area (Å²) < 4.78 is 41.1. The molecule has 0 bridgehead atoms. The van der Waals surface area contributed by atoms with Gasteiger partial charge in [-0.15, -0.1) is 0 Å². The van der Waals surface area contributed by atoms with Crippen LogP contribution in [0.1, 0.15) is 26.3 Å². The van der Waals surface area contributed by atoms with E-state index in [0.29, 0.717) is 0 Å². The molecule has 0 amide bonds. The Morgan fingerprint density at radius 1 is 1.47 bits per heavy atom. The molecule has 0 atom stereocenters. The van der Waals surface area contributed by atoms with Gasteiger partial charge < -0.3 is 4.74 Å². The highest BCUT2D eigenvalue weighted by molar-refractivity contribution is 8.00. The molecule has 19 heavy (non-hydrogen) atoms. The molecular weight excluding hydrogens is 283 g/mol. The molecule has 0 aliphatic heterocycles. The van der Waals surface area contributed by atoms with Gasteiger partial charge in [-0.2, -0.15) is 18.4 Å². The molecule has 1 aromatic carbocycles. The molecule has 0 N–H and O–H groups in total. The summed E-state index contributed by atoms with van der Waals surface area (Å²) in [7, 11) is 1.04. The third kappa shape index (κ3) is 3.72. The lowest BCUT2D eigenvalue weighted by Crippen LogP contribution is -2.09. The van der Waals surface area contributed by atoms with Crippen LogP contribution in [0, 0.1) is 11.3 Å². The minimum Gasteiger partial charge on any atom is -0.465 e. The van der Waals surface area contributed by atoms with Crippen LogP contribution in [0.2, 0.25) is 0 Å². The van der Waals surface area contributed by atoms with Crippen molar-refractivity contribution in [3.05, 3.63) is 28.8 Å². The first-order valence-electron chi connectivity index (χ1n) is 4.69. The molecule has 4 nitrogen and oxygen atoms in total. The van der Waals surface area contributed by atoms with Crippen molar-refractivity contribution in [2.24, 2.45) is 0 Å². The first kappa shape index (κ1) is 15.0. The van der Waals surface area contributed by atoms with Crippen molar-refractivity contribution in [2.75, 3.05) is 7.11 Å². The van der Waals surface area contributed by atoms with E-state index in [0.717, 1.165) is 19.2 Å². The minimum absolute atomic E-state index is 0.202. The van der Waals surface area contributed by atoms with Crippen LogP contribution < -0.4 is 0 Å². The zero-order chi connectivity index (χ0) is 14.6. The average molecular weight is 289 g/mol. The molecule has 0 aliphatic rings. The number of esters is 1. The highest BCUT2D eigenvalue weighted by atomic mass is 32.2. The maximum absolute atomic E-state index is 12.2. The van der Waals surface area contributed by atoms with Gasteiger partial charge in [0.05, 0.1) is 18.2 Å². The third-order valence-corrected chi connectivity index (χ3v) is 2.72. The molecule has 0 spiro atoms. The highest BCUT2D eigenvalue weighted by Crippen LogP contribution is 2.38. The second kappa shape index (κ2) is 5.75.